The molecule has 0 bridgehead atoms. The topological polar surface area (TPSA) is 50.1 Å². The molecule has 1 aliphatic heterocycles. The molecule has 0 unspecified atom stereocenters. The van der Waals surface area contributed by atoms with Gasteiger partial charge in [0.1, 0.15) is 0 Å². The van der Waals surface area contributed by atoms with E-state index in [1.807, 2.05) is 41.2 Å². The minimum absolute atomic E-state index is 0. The van der Waals surface area contributed by atoms with Gasteiger partial charge < -0.3 is 10.4 Å². The van der Waals surface area contributed by atoms with Crippen molar-refractivity contribution in [1.29, 1.82) is 0 Å². The number of nitrogens with one attached hydrogen (secondary N) is 1. The van der Waals surface area contributed by atoms with E-state index in [0.717, 1.165) is 30.3 Å². The number of nitrogens with zero attached hydrogens (tertiary/aromatic N) is 2. The molecule has 0 saturated carbocycles. The first kappa shape index (κ1) is 19.3. The van der Waals surface area contributed by atoms with Gasteiger partial charge in [0.15, 0.2) is 0 Å². The standard InChI is InChI=1S/C15H18ClN3O.2ClH/c16-12-6-5-11-10-18-19(14(11)9-12)8-2-3-13-15(20)4-1-7-17-13;;/h2-3,5-6,9-10,13,15,17,20H,1,4,7-8H2;2*1H/b3-2+;;/t13-,15+;;/m1../s1. The first-order valence-corrected chi connectivity index (χ1v) is 7.31. The molecule has 2 heterocycles. The number of hydrogen-bond donors (Lipinski definition) is 2. The van der Waals surface area contributed by atoms with Crippen molar-refractivity contribution in [2.24, 2.45) is 0 Å². The maximum absolute atomic E-state index is 9.88. The number of hydrogen-bond acceptors (Lipinski definition) is 3. The molecule has 22 heavy (non-hydrogen) atoms. The van der Waals surface area contributed by atoms with Crippen molar-refractivity contribution < 1.29 is 5.11 Å². The van der Waals surface area contributed by atoms with Gasteiger partial charge in [-0.2, -0.15) is 5.10 Å². The van der Waals surface area contributed by atoms with Crippen LogP contribution in [-0.2, 0) is 6.54 Å². The molecule has 4 nitrogen and oxygen atoms in total. The Hall–Kier alpha value is -0.780. The van der Waals surface area contributed by atoms with E-state index < -0.39 is 0 Å². The zero-order valence-electron chi connectivity index (χ0n) is 12.0. The maximum atomic E-state index is 9.88. The summed E-state index contributed by atoms with van der Waals surface area (Å²) in [5.41, 5.74) is 1.03. The molecule has 0 radical (unpaired) electrons. The van der Waals surface area contributed by atoms with Crippen LogP contribution in [-0.4, -0.2) is 33.6 Å². The average Bonchev–Trinajstić information content (AvgIpc) is 2.83. The van der Waals surface area contributed by atoms with E-state index in [-0.39, 0.29) is 37.0 Å². The Morgan fingerprint density at radius 1 is 1.41 bits per heavy atom. The summed E-state index contributed by atoms with van der Waals surface area (Å²) in [6.45, 7) is 1.64. The SMILES string of the molecule is Cl.Cl.O[C@H]1CCCN[C@@H]1/C=C/Cn1ncc2ccc(Cl)cc21. The average molecular weight is 365 g/mol. The van der Waals surface area contributed by atoms with Crippen molar-refractivity contribution in [2.75, 3.05) is 6.54 Å². The Kier molecular flexibility index (Phi) is 7.66. The molecule has 122 valence electrons. The van der Waals surface area contributed by atoms with Crippen molar-refractivity contribution in [3.8, 4) is 0 Å². The minimum Gasteiger partial charge on any atom is -0.391 e. The molecule has 1 aromatic carbocycles. The van der Waals surface area contributed by atoms with Crippen molar-refractivity contribution in [1.82, 2.24) is 15.1 Å². The van der Waals surface area contributed by atoms with Gasteiger partial charge in [-0.1, -0.05) is 23.8 Å². The zero-order valence-corrected chi connectivity index (χ0v) is 14.4. The highest BCUT2D eigenvalue weighted by Gasteiger charge is 2.19. The van der Waals surface area contributed by atoms with Crippen LogP contribution >= 0.6 is 36.4 Å². The highest BCUT2D eigenvalue weighted by molar-refractivity contribution is 6.31. The predicted octanol–water partition coefficient (Wildman–Crippen LogP) is 3.20. The molecule has 1 aromatic heterocycles. The van der Waals surface area contributed by atoms with E-state index in [0.29, 0.717) is 11.6 Å². The third kappa shape index (κ3) is 4.37. The number of benzene rings is 1. The number of allylic oxidation sites excluding steroid dienone is 1. The van der Waals surface area contributed by atoms with Crippen LogP contribution in [0, 0.1) is 0 Å². The highest BCUT2D eigenvalue weighted by Crippen LogP contribution is 2.19. The minimum atomic E-state index is -0.288. The summed E-state index contributed by atoms with van der Waals surface area (Å²) in [6.07, 6.45) is 7.52. The van der Waals surface area contributed by atoms with Gasteiger partial charge in [-0.15, -0.1) is 24.8 Å². The Morgan fingerprint density at radius 2 is 2.23 bits per heavy atom. The lowest BCUT2D eigenvalue weighted by Gasteiger charge is -2.26. The van der Waals surface area contributed by atoms with Crippen LogP contribution in [0.2, 0.25) is 5.02 Å². The molecule has 7 heteroatoms. The van der Waals surface area contributed by atoms with Crippen LogP contribution in [0.15, 0.2) is 36.5 Å². The van der Waals surface area contributed by atoms with Crippen LogP contribution in [0.25, 0.3) is 10.9 Å². The molecule has 2 atom stereocenters. The number of rotatable bonds is 3. The number of aromatic nitrogens is 2. The molecule has 1 saturated heterocycles. The van der Waals surface area contributed by atoms with Crippen molar-refractivity contribution in [2.45, 2.75) is 31.5 Å². The lowest BCUT2D eigenvalue weighted by molar-refractivity contribution is 0.115. The highest BCUT2D eigenvalue weighted by atomic mass is 35.5. The number of aliphatic hydroxyl groups excluding tert-OH is 1. The van der Waals surface area contributed by atoms with Crippen LogP contribution in [0.3, 0.4) is 0 Å². The van der Waals surface area contributed by atoms with Crippen molar-refractivity contribution in [3.63, 3.8) is 0 Å². The van der Waals surface area contributed by atoms with Gasteiger partial charge in [-0.05, 0) is 37.6 Å². The monoisotopic (exact) mass is 363 g/mol. The third-order valence-electron chi connectivity index (χ3n) is 3.70. The van der Waals surface area contributed by atoms with Gasteiger partial charge in [0.25, 0.3) is 0 Å². The summed E-state index contributed by atoms with van der Waals surface area (Å²) in [4.78, 5) is 0. The van der Waals surface area contributed by atoms with Crippen LogP contribution in [0.4, 0.5) is 0 Å². The lowest BCUT2D eigenvalue weighted by Crippen LogP contribution is -2.43. The Morgan fingerprint density at radius 3 is 3.00 bits per heavy atom. The predicted molar refractivity (Wildman–Crippen MR) is 95.4 cm³/mol. The zero-order chi connectivity index (χ0) is 13.9. The van der Waals surface area contributed by atoms with Crippen LogP contribution < -0.4 is 5.32 Å². The molecule has 1 aliphatic rings. The second-order valence-corrected chi connectivity index (χ2v) is 5.58. The second-order valence-electron chi connectivity index (χ2n) is 5.15. The van der Waals surface area contributed by atoms with E-state index in [1.165, 1.54) is 0 Å². The smallest absolute Gasteiger partial charge is 0.0729 e. The Labute approximate surface area is 147 Å². The van der Waals surface area contributed by atoms with Crippen LogP contribution in [0.1, 0.15) is 12.8 Å². The fourth-order valence-electron chi connectivity index (χ4n) is 2.59. The van der Waals surface area contributed by atoms with Gasteiger partial charge in [-0.3, -0.25) is 4.68 Å². The van der Waals surface area contributed by atoms with Gasteiger partial charge in [0, 0.05) is 10.4 Å². The van der Waals surface area contributed by atoms with Gasteiger partial charge in [0.2, 0.25) is 0 Å². The fourth-order valence-corrected chi connectivity index (χ4v) is 2.75. The molecular weight excluding hydrogens is 345 g/mol. The molecule has 3 rings (SSSR count). The number of aliphatic hydroxyl groups is 1. The normalized spacial score (nSPS) is 21.5. The first-order chi connectivity index (χ1) is 9.74. The molecular formula is C15H20Cl3N3O. The molecule has 2 N–H and O–H groups in total. The van der Waals surface area contributed by atoms with Gasteiger partial charge in [0.05, 0.1) is 30.4 Å². The van der Waals surface area contributed by atoms with E-state index in [4.69, 9.17) is 11.6 Å². The maximum Gasteiger partial charge on any atom is 0.0729 e. The number of piperidine rings is 1. The summed E-state index contributed by atoms with van der Waals surface area (Å²) in [5, 5.41) is 19.3. The number of fused-ring (bicyclic) bond motifs is 1. The fraction of sp³-hybridized carbons (Fsp3) is 0.400. The number of halogens is 3. The van der Waals surface area contributed by atoms with Gasteiger partial charge in [-0.25, -0.2) is 0 Å². The Balaban J connectivity index is 0.00000121. The first-order valence-electron chi connectivity index (χ1n) is 6.93. The third-order valence-corrected chi connectivity index (χ3v) is 3.93. The van der Waals surface area contributed by atoms with E-state index in [1.54, 1.807) is 0 Å². The van der Waals surface area contributed by atoms with Crippen LogP contribution in [0.5, 0.6) is 0 Å². The van der Waals surface area contributed by atoms with Gasteiger partial charge >= 0.3 is 0 Å². The van der Waals surface area contributed by atoms with E-state index in [2.05, 4.69) is 10.4 Å². The molecule has 0 aliphatic carbocycles. The summed E-state index contributed by atoms with van der Waals surface area (Å²) in [5.74, 6) is 0. The largest absolute Gasteiger partial charge is 0.391 e. The molecule has 0 spiro atoms. The van der Waals surface area contributed by atoms with Crippen molar-refractivity contribution >= 4 is 47.3 Å². The summed E-state index contributed by atoms with van der Waals surface area (Å²) < 4.78 is 1.91. The summed E-state index contributed by atoms with van der Waals surface area (Å²) >= 11 is 6.02. The quantitative estimate of drug-likeness (QED) is 0.822. The molecule has 0 amide bonds. The molecule has 1 fully saturated rings. The summed E-state index contributed by atoms with van der Waals surface area (Å²) in [6, 6.07) is 5.81. The van der Waals surface area contributed by atoms with Crippen molar-refractivity contribution in [3.05, 3.63) is 41.6 Å². The summed E-state index contributed by atoms with van der Waals surface area (Å²) in [7, 11) is 0. The lowest BCUT2D eigenvalue weighted by atomic mass is 10.0. The van der Waals surface area contributed by atoms with E-state index in [9.17, 15) is 5.11 Å². The second kappa shape index (κ2) is 8.75. The van der Waals surface area contributed by atoms with E-state index >= 15 is 0 Å². The molecule has 2 aromatic rings. The Bertz CT molecular complexity index is 630.